The Morgan fingerprint density at radius 3 is 2.82 bits per heavy atom. The van der Waals surface area contributed by atoms with Gasteiger partial charge in [-0.25, -0.2) is 4.98 Å². The van der Waals surface area contributed by atoms with Gasteiger partial charge in [-0.05, 0) is 31.2 Å². The molecule has 0 saturated carbocycles. The molecule has 0 saturated heterocycles. The van der Waals surface area contributed by atoms with Gasteiger partial charge in [0, 0.05) is 11.9 Å². The molecule has 3 rings (SSSR count). The Kier molecular flexibility index (Phi) is 4.18. The Bertz CT molecular complexity index is 778. The van der Waals surface area contributed by atoms with E-state index in [1.54, 1.807) is 11.9 Å². The molecule has 4 nitrogen and oxygen atoms in total. The average Bonchev–Trinajstić information content (AvgIpc) is 3.11. The van der Waals surface area contributed by atoms with Crippen LogP contribution in [0.1, 0.15) is 23.6 Å². The third kappa shape index (κ3) is 3.00. The van der Waals surface area contributed by atoms with Crippen molar-refractivity contribution < 1.29 is 9.21 Å². The number of nitrogens with zero attached hydrogens (tertiary/aromatic N) is 2. The van der Waals surface area contributed by atoms with Crippen LogP contribution in [0.4, 0.5) is 0 Å². The summed E-state index contributed by atoms with van der Waals surface area (Å²) in [6, 6.07) is 11.3. The van der Waals surface area contributed by atoms with Gasteiger partial charge >= 0.3 is 0 Å². The molecule has 3 aromatic rings. The molecule has 0 aliphatic heterocycles. The number of fused-ring (bicyclic) bond motifs is 1. The normalized spacial score (nSPS) is 12.5. The van der Waals surface area contributed by atoms with E-state index < -0.39 is 0 Å². The molecule has 114 valence electrons. The Hall–Kier alpha value is -1.85. The fourth-order valence-corrected chi connectivity index (χ4v) is 3.39. The van der Waals surface area contributed by atoms with Gasteiger partial charge in [0.15, 0.2) is 5.58 Å². The lowest BCUT2D eigenvalue weighted by Gasteiger charge is -2.19. The number of amides is 1. The van der Waals surface area contributed by atoms with Crippen molar-refractivity contribution in [3.05, 3.63) is 51.5 Å². The number of carbonyl (C=O) groups excluding carboxylic acids is 1. The zero-order valence-electron chi connectivity index (χ0n) is 12.2. The summed E-state index contributed by atoms with van der Waals surface area (Å²) in [5.41, 5.74) is 1.54. The molecule has 0 bridgehead atoms. The number of benzene rings is 1. The third-order valence-electron chi connectivity index (χ3n) is 3.48. The van der Waals surface area contributed by atoms with E-state index >= 15 is 0 Å². The minimum atomic E-state index is -0.230. The predicted molar refractivity (Wildman–Crippen MR) is 88.2 cm³/mol. The van der Waals surface area contributed by atoms with E-state index in [9.17, 15) is 4.79 Å². The minimum absolute atomic E-state index is 0.0146. The standard InChI is InChI=1S/C16H15ClN2O2S/c1-10(13-7-8-14(17)22-13)16(20)19(2)9-15-18-11-5-3-4-6-12(11)21-15/h3-8,10H,9H2,1-2H3/t10-/m0/s1. The van der Waals surface area contributed by atoms with Crippen LogP contribution in [0.5, 0.6) is 0 Å². The molecule has 1 atom stereocenters. The molecule has 0 radical (unpaired) electrons. The zero-order valence-corrected chi connectivity index (χ0v) is 13.8. The lowest BCUT2D eigenvalue weighted by Crippen LogP contribution is -2.30. The fraction of sp³-hybridized carbons (Fsp3) is 0.250. The van der Waals surface area contributed by atoms with Crippen LogP contribution in [0.15, 0.2) is 40.8 Å². The molecule has 6 heteroatoms. The average molecular weight is 335 g/mol. The lowest BCUT2D eigenvalue weighted by atomic mass is 10.1. The number of likely N-dealkylation sites (N-methyl/N-ethyl adjacent to an activating group) is 1. The summed E-state index contributed by atoms with van der Waals surface area (Å²) in [6.45, 7) is 2.23. The number of hydrogen-bond acceptors (Lipinski definition) is 4. The minimum Gasteiger partial charge on any atom is -0.439 e. The number of para-hydroxylation sites is 2. The molecule has 2 aromatic heterocycles. The molecule has 1 aromatic carbocycles. The van der Waals surface area contributed by atoms with Gasteiger partial charge in [-0.2, -0.15) is 0 Å². The molecular formula is C16H15ClN2O2S. The molecule has 0 aliphatic rings. The van der Waals surface area contributed by atoms with Gasteiger partial charge in [0.25, 0.3) is 0 Å². The molecular weight excluding hydrogens is 320 g/mol. The highest BCUT2D eigenvalue weighted by molar-refractivity contribution is 7.16. The van der Waals surface area contributed by atoms with Crippen LogP contribution in [0, 0.1) is 0 Å². The van der Waals surface area contributed by atoms with Crippen LogP contribution in [0.3, 0.4) is 0 Å². The summed E-state index contributed by atoms with van der Waals surface area (Å²) < 4.78 is 6.35. The first-order valence-electron chi connectivity index (χ1n) is 6.89. The van der Waals surface area contributed by atoms with Crippen molar-refractivity contribution in [3.8, 4) is 0 Å². The Morgan fingerprint density at radius 2 is 2.14 bits per heavy atom. The number of aromatic nitrogens is 1. The molecule has 0 N–H and O–H groups in total. The van der Waals surface area contributed by atoms with Crippen molar-refractivity contribution in [3.63, 3.8) is 0 Å². The largest absolute Gasteiger partial charge is 0.439 e. The lowest BCUT2D eigenvalue weighted by molar-refractivity contribution is -0.131. The van der Waals surface area contributed by atoms with Crippen molar-refractivity contribution in [1.82, 2.24) is 9.88 Å². The number of thiophene rings is 1. The Morgan fingerprint density at radius 1 is 1.36 bits per heavy atom. The number of halogens is 1. The molecule has 0 aliphatic carbocycles. The highest BCUT2D eigenvalue weighted by Gasteiger charge is 2.22. The van der Waals surface area contributed by atoms with Gasteiger partial charge in [0.1, 0.15) is 5.52 Å². The van der Waals surface area contributed by atoms with E-state index in [2.05, 4.69) is 4.98 Å². The fourth-order valence-electron chi connectivity index (χ4n) is 2.28. The van der Waals surface area contributed by atoms with Gasteiger partial charge in [-0.1, -0.05) is 23.7 Å². The van der Waals surface area contributed by atoms with Crippen LogP contribution in [0.2, 0.25) is 4.34 Å². The topological polar surface area (TPSA) is 46.3 Å². The van der Waals surface area contributed by atoms with Crippen molar-refractivity contribution in [1.29, 1.82) is 0 Å². The summed E-state index contributed by atoms with van der Waals surface area (Å²) in [7, 11) is 1.75. The van der Waals surface area contributed by atoms with E-state index in [0.717, 1.165) is 16.0 Å². The first-order chi connectivity index (χ1) is 10.5. The van der Waals surface area contributed by atoms with Gasteiger partial charge < -0.3 is 9.32 Å². The second-order valence-corrected chi connectivity index (χ2v) is 6.88. The monoisotopic (exact) mass is 334 g/mol. The maximum Gasteiger partial charge on any atom is 0.230 e. The van der Waals surface area contributed by atoms with Crippen molar-refractivity contribution in [2.45, 2.75) is 19.4 Å². The molecule has 0 fully saturated rings. The van der Waals surface area contributed by atoms with Crippen LogP contribution in [-0.2, 0) is 11.3 Å². The molecule has 0 spiro atoms. The van der Waals surface area contributed by atoms with Crippen molar-refractivity contribution in [2.75, 3.05) is 7.05 Å². The molecule has 22 heavy (non-hydrogen) atoms. The Balaban J connectivity index is 1.73. The Labute approximate surface area is 137 Å². The molecule has 1 amide bonds. The van der Waals surface area contributed by atoms with Crippen LogP contribution in [-0.4, -0.2) is 22.8 Å². The second-order valence-electron chi connectivity index (χ2n) is 5.13. The van der Waals surface area contributed by atoms with Gasteiger partial charge in [0.05, 0.1) is 16.8 Å². The van der Waals surface area contributed by atoms with Crippen LogP contribution < -0.4 is 0 Å². The van der Waals surface area contributed by atoms with Gasteiger partial charge in [-0.3, -0.25) is 4.79 Å². The highest BCUT2D eigenvalue weighted by atomic mass is 35.5. The number of rotatable bonds is 4. The van der Waals surface area contributed by atoms with E-state index in [0.29, 0.717) is 16.8 Å². The quantitative estimate of drug-likeness (QED) is 0.714. The van der Waals surface area contributed by atoms with Crippen LogP contribution in [0.25, 0.3) is 11.1 Å². The van der Waals surface area contributed by atoms with Gasteiger partial charge in [0.2, 0.25) is 11.8 Å². The van der Waals surface area contributed by atoms with E-state index in [4.69, 9.17) is 16.0 Å². The molecule has 0 unspecified atom stereocenters. The highest BCUT2D eigenvalue weighted by Crippen LogP contribution is 2.29. The van der Waals surface area contributed by atoms with E-state index in [-0.39, 0.29) is 11.8 Å². The predicted octanol–water partition coefficient (Wildman–Crippen LogP) is 4.30. The van der Waals surface area contributed by atoms with E-state index in [1.807, 2.05) is 43.3 Å². The zero-order chi connectivity index (χ0) is 15.7. The summed E-state index contributed by atoms with van der Waals surface area (Å²) in [5, 5.41) is 0. The number of oxazole rings is 1. The number of carbonyl (C=O) groups is 1. The van der Waals surface area contributed by atoms with Crippen molar-refractivity contribution in [2.24, 2.45) is 0 Å². The van der Waals surface area contributed by atoms with Gasteiger partial charge in [-0.15, -0.1) is 11.3 Å². The second kappa shape index (κ2) is 6.10. The molecule has 2 heterocycles. The number of hydrogen-bond donors (Lipinski definition) is 0. The van der Waals surface area contributed by atoms with Crippen LogP contribution >= 0.6 is 22.9 Å². The summed E-state index contributed by atoms with van der Waals surface area (Å²) in [6.07, 6.45) is 0. The summed E-state index contributed by atoms with van der Waals surface area (Å²) in [5.74, 6) is 0.320. The SMILES string of the molecule is C[C@H](C(=O)N(C)Cc1nc2ccccc2o1)c1ccc(Cl)s1. The maximum absolute atomic E-state index is 12.5. The first-order valence-corrected chi connectivity index (χ1v) is 8.08. The third-order valence-corrected chi connectivity index (χ3v) is 4.89. The van der Waals surface area contributed by atoms with Crippen molar-refractivity contribution >= 4 is 39.9 Å². The smallest absolute Gasteiger partial charge is 0.230 e. The first kappa shape index (κ1) is 15.1. The maximum atomic E-state index is 12.5. The summed E-state index contributed by atoms with van der Waals surface area (Å²) >= 11 is 7.36. The summed E-state index contributed by atoms with van der Waals surface area (Å²) in [4.78, 5) is 19.5. The van der Waals surface area contributed by atoms with E-state index in [1.165, 1.54) is 11.3 Å².